The number of H-pyrrole nitrogens is 1. The van der Waals surface area contributed by atoms with Crippen LogP contribution >= 0.6 is 0 Å². The number of carbonyl (C=O) groups excluding carboxylic acids is 2. The lowest BCUT2D eigenvalue weighted by atomic mass is 9.92. The zero-order valence-electron chi connectivity index (χ0n) is 14.7. The van der Waals surface area contributed by atoms with Crippen molar-refractivity contribution in [1.29, 1.82) is 0 Å². The van der Waals surface area contributed by atoms with Gasteiger partial charge in [-0.3, -0.25) is 14.6 Å². The maximum Gasteiger partial charge on any atom is 0.292 e. The van der Waals surface area contributed by atoms with E-state index in [0.29, 0.717) is 11.4 Å². The summed E-state index contributed by atoms with van der Waals surface area (Å²) < 4.78 is 5.81. The van der Waals surface area contributed by atoms with E-state index in [2.05, 4.69) is 20.3 Å². The van der Waals surface area contributed by atoms with Crippen LogP contribution in [0.25, 0.3) is 10.9 Å². The number of ketones is 1. The number of aromatic nitrogens is 3. The van der Waals surface area contributed by atoms with E-state index in [1.54, 1.807) is 24.8 Å². The van der Waals surface area contributed by atoms with Crippen LogP contribution in [0.1, 0.15) is 36.0 Å². The van der Waals surface area contributed by atoms with E-state index in [0.717, 1.165) is 36.6 Å². The Morgan fingerprint density at radius 2 is 1.93 bits per heavy atom. The fourth-order valence-corrected chi connectivity index (χ4v) is 3.47. The van der Waals surface area contributed by atoms with E-state index in [1.807, 2.05) is 24.3 Å². The van der Waals surface area contributed by atoms with Gasteiger partial charge < -0.3 is 15.0 Å². The summed E-state index contributed by atoms with van der Waals surface area (Å²) in [6.07, 6.45) is 9.55. The standard InChI is InChI=1S/C20H20N4O3/c25-19(16-11-23-17-4-2-1-3-15(16)17)20(26)24-13-5-7-14(8-6-13)27-18-12-21-9-10-22-18/h1-4,9-14,23H,5-8H2,(H,24,26). The van der Waals surface area contributed by atoms with Gasteiger partial charge in [-0.15, -0.1) is 0 Å². The molecule has 1 amide bonds. The molecule has 27 heavy (non-hydrogen) atoms. The number of para-hydroxylation sites is 1. The van der Waals surface area contributed by atoms with Gasteiger partial charge >= 0.3 is 0 Å². The van der Waals surface area contributed by atoms with Crippen molar-refractivity contribution in [3.05, 3.63) is 54.6 Å². The highest BCUT2D eigenvalue weighted by Gasteiger charge is 2.27. The van der Waals surface area contributed by atoms with Crippen LogP contribution < -0.4 is 10.1 Å². The minimum atomic E-state index is -0.557. The van der Waals surface area contributed by atoms with Crippen molar-refractivity contribution in [3.63, 3.8) is 0 Å². The SMILES string of the molecule is O=C(NC1CCC(Oc2cnccn2)CC1)C(=O)c1c[nH]c2ccccc12. The average Bonchev–Trinajstić information content (AvgIpc) is 3.14. The van der Waals surface area contributed by atoms with Crippen molar-refractivity contribution < 1.29 is 14.3 Å². The van der Waals surface area contributed by atoms with Gasteiger partial charge in [0, 0.05) is 35.5 Å². The molecule has 1 saturated carbocycles. The highest BCUT2D eigenvalue weighted by Crippen LogP contribution is 2.23. The Morgan fingerprint density at radius 3 is 2.70 bits per heavy atom. The third-order valence-corrected chi connectivity index (χ3v) is 4.88. The molecule has 0 unspecified atom stereocenters. The van der Waals surface area contributed by atoms with Gasteiger partial charge in [-0.1, -0.05) is 18.2 Å². The fourth-order valence-electron chi connectivity index (χ4n) is 3.47. The van der Waals surface area contributed by atoms with E-state index in [9.17, 15) is 9.59 Å². The lowest BCUT2D eigenvalue weighted by Crippen LogP contribution is -2.42. The van der Waals surface area contributed by atoms with Gasteiger partial charge in [0.25, 0.3) is 11.7 Å². The van der Waals surface area contributed by atoms with Crippen molar-refractivity contribution >= 4 is 22.6 Å². The van der Waals surface area contributed by atoms with Crippen molar-refractivity contribution in [3.8, 4) is 5.88 Å². The Kier molecular flexibility index (Phi) is 4.82. The van der Waals surface area contributed by atoms with Gasteiger partial charge in [-0.05, 0) is 31.7 Å². The first-order valence-electron chi connectivity index (χ1n) is 9.04. The molecule has 0 saturated heterocycles. The molecule has 1 aromatic carbocycles. The molecule has 7 nitrogen and oxygen atoms in total. The van der Waals surface area contributed by atoms with E-state index < -0.39 is 11.7 Å². The first-order chi connectivity index (χ1) is 13.2. The number of aromatic amines is 1. The number of hydrogen-bond donors (Lipinski definition) is 2. The fraction of sp³-hybridized carbons (Fsp3) is 0.300. The molecule has 4 rings (SSSR count). The second-order valence-corrected chi connectivity index (χ2v) is 6.69. The number of hydrogen-bond acceptors (Lipinski definition) is 5. The molecule has 0 bridgehead atoms. The quantitative estimate of drug-likeness (QED) is 0.536. The number of Topliss-reactive ketones (excluding diaryl/α,β-unsaturated/α-hetero) is 1. The van der Waals surface area contributed by atoms with E-state index >= 15 is 0 Å². The predicted octanol–water partition coefficient (Wildman–Crippen LogP) is 2.65. The van der Waals surface area contributed by atoms with Crippen LogP contribution in [0.4, 0.5) is 0 Å². The molecule has 0 atom stereocenters. The van der Waals surface area contributed by atoms with Crippen LogP contribution in [0.3, 0.4) is 0 Å². The molecular formula is C20H20N4O3. The van der Waals surface area contributed by atoms with Gasteiger partial charge in [0.15, 0.2) is 0 Å². The molecule has 2 N–H and O–H groups in total. The molecule has 7 heteroatoms. The maximum absolute atomic E-state index is 12.5. The van der Waals surface area contributed by atoms with Gasteiger partial charge in [0.2, 0.25) is 5.88 Å². The van der Waals surface area contributed by atoms with Crippen molar-refractivity contribution in [2.45, 2.75) is 37.8 Å². The summed E-state index contributed by atoms with van der Waals surface area (Å²) in [4.78, 5) is 36.1. The summed E-state index contributed by atoms with van der Waals surface area (Å²) in [6.45, 7) is 0. The molecule has 0 spiro atoms. The largest absolute Gasteiger partial charge is 0.473 e. The highest BCUT2D eigenvalue weighted by molar-refractivity contribution is 6.45. The van der Waals surface area contributed by atoms with Crippen LogP contribution in [0.5, 0.6) is 5.88 Å². The van der Waals surface area contributed by atoms with E-state index in [1.165, 1.54) is 0 Å². The molecular weight excluding hydrogens is 344 g/mol. The molecule has 0 radical (unpaired) electrons. The number of rotatable bonds is 5. The summed E-state index contributed by atoms with van der Waals surface area (Å²) in [6, 6.07) is 7.43. The first kappa shape index (κ1) is 17.2. The molecule has 2 aromatic heterocycles. The Balaban J connectivity index is 1.32. The molecule has 3 aromatic rings. The van der Waals surface area contributed by atoms with Crippen LogP contribution in [0, 0.1) is 0 Å². The third-order valence-electron chi connectivity index (χ3n) is 4.88. The Bertz CT molecular complexity index is 946. The lowest BCUT2D eigenvalue weighted by Gasteiger charge is -2.28. The number of carbonyl (C=O) groups is 2. The van der Waals surface area contributed by atoms with Gasteiger partial charge in [0.05, 0.1) is 11.8 Å². The highest BCUT2D eigenvalue weighted by atomic mass is 16.5. The topological polar surface area (TPSA) is 97.0 Å². The molecule has 1 fully saturated rings. The number of benzene rings is 1. The molecule has 138 valence electrons. The van der Waals surface area contributed by atoms with Crippen molar-refractivity contribution in [1.82, 2.24) is 20.3 Å². The van der Waals surface area contributed by atoms with E-state index in [-0.39, 0.29) is 12.1 Å². The number of nitrogens with one attached hydrogen (secondary N) is 2. The Morgan fingerprint density at radius 1 is 1.11 bits per heavy atom. The minimum Gasteiger partial charge on any atom is -0.473 e. The molecule has 2 heterocycles. The van der Waals surface area contributed by atoms with Crippen molar-refractivity contribution in [2.75, 3.05) is 0 Å². The van der Waals surface area contributed by atoms with Crippen molar-refractivity contribution in [2.24, 2.45) is 0 Å². The summed E-state index contributed by atoms with van der Waals surface area (Å²) in [5, 5.41) is 3.63. The third kappa shape index (κ3) is 3.81. The number of nitrogens with zero attached hydrogens (tertiary/aromatic N) is 2. The Hall–Kier alpha value is -3.22. The normalized spacial score (nSPS) is 19.6. The lowest BCUT2D eigenvalue weighted by molar-refractivity contribution is -0.118. The second-order valence-electron chi connectivity index (χ2n) is 6.69. The zero-order chi connectivity index (χ0) is 18.6. The van der Waals surface area contributed by atoms with Crippen LogP contribution in [0.2, 0.25) is 0 Å². The van der Waals surface area contributed by atoms with Crippen LogP contribution in [-0.2, 0) is 4.79 Å². The predicted molar refractivity (Wildman–Crippen MR) is 99.5 cm³/mol. The minimum absolute atomic E-state index is 0.0200. The molecule has 1 aliphatic carbocycles. The monoisotopic (exact) mass is 364 g/mol. The van der Waals surface area contributed by atoms with Gasteiger partial charge in [-0.25, -0.2) is 4.98 Å². The number of fused-ring (bicyclic) bond motifs is 1. The summed E-state index contributed by atoms with van der Waals surface area (Å²) >= 11 is 0. The summed E-state index contributed by atoms with van der Waals surface area (Å²) in [5.74, 6) is -0.553. The average molecular weight is 364 g/mol. The second kappa shape index (κ2) is 7.57. The first-order valence-corrected chi connectivity index (χ1v) is 9.04. The Labute approximate surface area is 156 Å². The summed E-state index contributed by atoms with van der Waals surface area (Å²) in [5.41, 5.74) is 1.25. The summed E-state index contributed by atoms with van der Waals surface area (Å²) in [7, 11) is 0. The van der Waals surface area contributed by atoms with Crippen LogP contribution in [-0.4, -0.2) is 38.8 Å². The zero-order valence-corrected chi connectivity index (χ0v) is 14.7. The van der Waals surface area contributed by atoms with Crippen LogP contribution in [0.15, 0.2) is 49.1 Å². The molecule has 1 aliphatic rings. The maximum atomic E-state index is 12.5. The number of amides is 1. The van der Waals surface area contributed by atoms with Gasteiger partial charge in [-0.2, -0.15) is 0 Å². The molecule has 0 aliphatic heterocycles. The number of ether oxygens (including phenoxy) is 1. The van der Waals surface area contributed by atoms with E-state index in [4.69, 9.17) is 4.74 Å². The smallest absolute Gasteiger partial charge is 0.292 e. The van der Waals surface area contributed by atoms with Gasteiger partial charge in [0.1, 0.15) is 6.10 Å².